The molecule has 23 heavy (non-hydrogen) atoms. The normalized spacial score (nSPS) is 59.0. The first-order valence-electron chi connectivity index (χ1n) is 10.7. The van der Waals surface area contributed by atoms with E-state index in [2.05, 4.69) is 0 Å². The van der Waals surface area contributed by atoms with Crippen molar-refractivity contribution < 1.29 is 4.57 Å². The predicted octanol–water partition coefficient (Wildman–Crippen LogP) is 6.35. The zero-order valence-corrected chi connectivity index (χ0v) is 15.6. The van der Waals surface area contributed by atoms with Gasteiger partial charge in [0.25, 0.3) is 0 Å². The lowest BCUT2D eigenvalue weighted by Crippen LogP contribution is -2.46. The standard InChI is InChI=1S/C21H33OP/c22-23(19-7-1-16(13-19)2-8-19,20-9-3-17(14-20)4-10-20)21-11-5-18(15-21)6-12-21/h16-18H,1-15H2. The Balaban J connectivity index is 1.55. The van der Waals surface area contributed by atoms with E-state index >= 15 is 4.57 Å². The molecule has 0 aromatic heterocycles. The summed E-state index contributed by atoms with van der Waals surface area (Å²) in [6.45, 7) is 0. The van der Waals surface area contributed by atoms with Gasteiger partial charge in [0.15, 0.2) is 0 Å². The first kappa shape index (κ1) is 14.4. The van der Waals surface area contributed by atoms with Gasteiger partial charge in [-0.2, -0.15) is 0 Å². The van der Waals surface area contributed by atoms with Crippen LogP contribution in [0.25, 0.3) is 0 Å². The molecule has 6 fully saturated rings. The Bertz CT molecular complexity index is 488. The van der Waals surface area contributed by atoms with Gasteiger partial charge in [0.1, 0.15) is 7.14 Å². The minimum atomic E-state index is -2.13. The topological polar surface area (TPSA) is 17.1 Å². The summed E-state index contributed by atoms with van der Waals surface area (Å²) >= 11 is 0. The molecule has 0 aromatic carbocycles. The van der Waals surface area contributed by atoms with Crippen molar-refractivity contribution in [2.75, 3.05) is 0 Å². The molecule has 6 aliphatic rings. The van der Waals surface area contributed by atoms with Crippen molar-refractivity contribution in [3.63, 3.8) is 0 Å². The molecule has 0 saturated heterocycles. The first-order valence-corrected chi connectivity index (χ1v) is 12.4. The SMILES string of the molecule is O=P(C12CCC(CC1)C2)(C12CCC(CC1)C2)C12CCC(CC1)C2. The van der Waals surface area contributed by atoms with Crippen molar-refractivity contribution in [3.8, 4) is 0 Å². The van der Waals surface area contributed by atoms with E-state index in [0.29, 0.717) is 15.5 Å². The van der Waals surface area contributed by atoms with Crippen LogP contribution in [0.15, 0.2) is 0 Å². The highest BCUT2D eigenvalue weighted by Crippen LogP contribution is 2.90. The highest BCUT2D eigenvalue weighted by Gasteiger charge is 2.74. The number of fused-ring (bicyclic) bond motifs is 6. The fourth-order valence-electron chi connectivity index (χ4n) is 9.32. The fraction of sp³-hybridized carbons (Fsp3) is 1.00. The summed E-state index contributed by atoms with van der Waals surface area (Å²) < 4.78 is 15.6. The van der Waals surface area contributed by atoms with Crippen LogP contribution in [0.1, 0.15) is 96.3 Å². The third-order valence-electron chi connectivity index (χ3n) is 10.1. The second-order valence-corrected chi connectivity index (χ2v) is 14.8. The lowest BCUT2D eigenvalue weighted by atomic mass is 9.98. The van der Waals surface area contributed by atoms with Crippen molar-refractivity contribution in [3.05, 3.63) is 0 Å². The Morgan fingerprint density at radius 2 is 0.783 bits per heavy atom. The number of rotatable bonds is 3. The summed E-state index contributed by atoms with van der Waals surface area (Å²) in [5.41, 5.74) is 0. The quantitative estimate of drug-likeness (QED) is 0.550. The van der Waals surface area contributed by atoms with Gasteiger partial charge in [0, 0.05) is 15.5 Å². The maximum absolute atomic E-state index is 15.6. The molecule has 0 spiro atoms. The summed E-state index contributed by atoms with van der Waals surface area (Å²) in [7, 11) is -2.13. The minimum Gasteiger partial charge on any atom is -0.322 e. The Labute approximate surface area is 141 Å². The van der Waals surface area contributed by atoms with Crippen LogP contribution in [0.5, 0.6) is 0 Å². The van der Waals surface area contributed by atoms with Gasteiger partial charge in [-0.1, -0.05) is 0 Å². The Morgan fingerprint density at radius 3 is 0.957 bits per heavy atom. The molecule has 0 atom stereocenters. The van der Waals surface area contributed by atoms with E-state index in [1.165, 1.54) is 96.3 Å². The van der Waals surface area contributed by atoms with Crippen LogP contribution in [-0.4, -0.2) is 15.5 Å². The molecular formula is C21H33OP. The second-order valence-electron chi connectivity index (χ2n) is 10.7. The fourth-order valence-corrected chi connectivity index (χ4v) is 16.5. The van der Waals surface area contributed by atoms with E-state index in [1.807, 2.05) is 0 Å². The van der Waals surface area contributed by atoms with E-state index in [4.69, 9.17) is 0 Å². The Hall–Kier alpha value is 0.230. The zero-order chi connectivity index (χ0) is 15.3. The van der Waals surface area contributed by atoms with Gasteiger partial charge in [0.05, 0.1) is 0 Å². The molecule has 0 aliphatic heterocycles. The number of hydrogen-bond acceptors (Lipinski definition) is 1. The average Bonchev–Trinajstić information content (AvgIpc) is 3.43. The molecule has 0 aromatic rings. The molecule has 6 rings (SSSR count). The van der Waals surface area contributed by atoms with Crippen LogP contribution < -0.4 is 0 Å². The van der Waals surface area contributed by atoms with Crippen molar-refractivity contribution >= 4 is 7.14 Å². The minimum absolute atomic E-state index is 0.329. The maximum Gasteiger partial charge on any atom is 0.105 e. The molecule has 6 aliphatic carbocycles. The molecule has 0 unspecified atom stereocenters. The van der Waals surface area contributed by atoms with Crippen LogP contribution in [0.3, 0.4) is 0 Å². The molecule has 0 heterocycles. The summed E-state index contributed by atoms with van der Waals surface area (Å²) in [6, 6.07) is 0. The largest absolute Gasteiger partial charge is 0.322 e. The van der Waals surface area contributed by atoms with Crippen molar-refractivity contribution in [2.24, 2.45) is 17.8 Å². The van der Waals surface area contributed by atoms with Crippen LogP contribution in [0.2, 0.25) is 0 Å². The smallest absolute Gasteiger partial charge is 0.105 e. The van der Waals surface area contributed by atoms with E-state index < -0.39 is 7.14 Å². The lowest BCUT2D eigenvalue weighted by molar-refractivity contribution is 0.390. The van der Waals surface area contributed by atoms with Crippen LogP contribution in [0, 0.1) is 17.8 Å². The molecule has 0 radical (unpaired) electrons. The van der Waals surface area contributed by atoms with Crippen molar-refractivity contribution in [1.82, 2.24) is 0 Å². The van der Waals surface area contributed by atoms with Crippen molar-refractivity contribution in [2.45, 2.75) is 112 Å². The van der Waals surface area contributed by atoms with Crippen LogP contribution >= 0.6 is 7.14 Å². The molecule has 0 N–H and O–H groups in total. The maximum atomic E-state index is 15.6. The Morgan fingerprint density at radius 1 is 0.522 bits per heavy atom. The summed E-state index contributed by atoms with van der Waals surface area (Å²) in [5, 5.41) is 0.988. The van der Waals surface area contributed by atoms with E-state index in [9.17, 15) is 0 Å². The van der Waals surface area contributed by atoms with Gasteiger partial charge < -0.3 is 4.57 Å². The Kier molecular flexibility index (Phi) is 2.70. The van der Waals surface area contributed by atoms with Gasteiger partial charge in [-0.3, -0.25) is 0 Å². The summed E-state index contributed by atoms with van der Waals surface area (Å²) in [6.07, 6.45) is 20.8. The average molecular weight is 332 g/mol. The van der Waals surface area contributed by atoms with E-state index in [-0.39, 0.29) is 0 Å². The molecule has 6 saturated carbocycles. The second kappa shape index (κ2) is 4.31. The van der Waals surface area contributed by atoms with Gasteiger partial charge >= 0.3 is 0 Å². The molecule has 0 amide bonds. The van der Waals surface area contributed by atoms with Crippen LogP contribution in [0.4, 0.5) is 0 Å². The molecular weight excluding hydrogens is 299 g/mol. The van der Waals surface area contributed by atoms with Gasteiger partial charge in [-0.25, -0.2) is 0 Å². The van der Waals surface area contributed by atoms with E-state index in [0.717, 1.165) is 17.8 Å². The number of hydrogen-bond donors (Lipinski definition) is 0. The predicted molar refractivity (Wildman–Crippen MR) is 95.5 cm³/mol. The van der Waals surface area contributed by atoms with E-state index in [1.54, 1.807) is 0 Å². The third-order valence-corrected chi connectivity index (χ3v) is 16.0. The lowest BCUT2D eigenvalue weighted by Gasteiger charge is -2.55. The highest BCUT2D eigenvalue weighted by atomic mass is 31.2. The molecule has 128 valence electrons. The molecule has 1 nitrogen and oxygen atoms in total. The summed E-state index contributed by atoms with van der Waals surface area (Å²) in [4.78, 5) is 0. The van der Waals surface area contributed by atoms with Gasteiger partial charge in [-0.15, -0.1) is 0 Å². The monoisotopic (exact) mass is 332 g/mol. The molecule has 6 bridgehead atoms. The molecule has 2 heteroatoms. The van der Waals surface area contributed by atoms with Crippen molar-refractivity contribution in [1.29, 1.82) is 0 Å². The third kappa shape index (κ3) is 1.49. The first-order chi connectivity index (χ1) is 11.1. The highest BCUT2D eigenvalue weighted by molar-refractivity contribution is 7.68. The van der Waals surface area contributed by atoms with Gasteiger partial charge in [0.2, 0.25) is 0 Å². The summed E-state index contributed by atoms with van der Waals surface area (Å²) in [5.74, 6) is 2.86. The van der Waals surface area contributed by atoms with Crippen LogP contribution in [-0.2, 0) is 4.57 Å². The zero-order valence-electron chi connectivity index (χ0n) is 14.7. The van der Waals surface area contributed by atoms with Gasteiger partial charge in [-0.05, 0) is 114 Å².